The van der Waals surface area contributed by atoms with Crippen LogP contribution in [0.4, 0.5) is 0 Å². The molecule has 0 amide bonds. The first-order chi connectivity index (χ1) is 9.83. The summed E-state index contributed by atoms with van der Waals surface area (Å²) < 4.78 is 16.5. The summed E-state index contributed by atoms with van der Waals surface area (Å²) in [5.74, 6) is 1.84. The highest BCUT2D eigenvalue weighted by Crippen LogP contribution is 2.29. The van der Waals surface area contributed by atoms with Crippen molar-refractivity contribution < 1.29 is 14.2 Å². The third kappa shape index (κ3) is 4.39. The third-order valence-electron chi connectivity index (χ3n) is 3.66. The van der Waals surface area contributed by atoms with Crippen LogP contribution in [0.1, 0.15) is 31.2 Å². The highest BCUT2D eigenvalue weighted by atomic mass is 16.5. The van der Waals surface area contributed by atoms with Gasteiger partial charge in [-0.05, 0) is 43.9 Å². The average molecular weight is 279 g/mol. The van der Waals surface area contributed by atoms with Crippen LogP contribution in [0.5, 0.6) is 11.5 Å². The molecule has 4 heteroatoms. The van der Waals surface area contributed by atoms with Crippen molar-refractivity contribution in [3.05, 3.63) is 23.8 Å². The van der Waals surface area contributed by atoms with Gasteiger partial charge in [-0.25, -0.2) is 0 Å². The molecule has 0 bridgehead atoms. The molecule has 0 atom stereocenters. The third-order valence-corrected chi connectivity index (χ3v) is 3.66. The summed E-state index contributed by atoms with van der Waals surface area (Å²) in [6.45, 7) is 2.31. The van der Waals surface area contributed by atoms with Gasteiger partial charge in [0.2, 0.25) is 0 Å². The van der Waals surface area contributed by atoms with Crippen molar-refractivity contribution >= 4 is 0 Å². The maximum Gasteiger partial charge on any atom is 0.124 e. The van der Waals surface area contributed by atoms with Gasteiger partial charge < -0.3 is 19.5 Å². The summed E-state index contributed by atoms with van der Waals surface area (Å²) in [4.78, 5) is 0. The first-order valence-corrected chi connectivity index (χ1v) is 7.36. The van der Waals surface area contributed by atoms with E-state index in [-0.39, 0.29) is 0 Å². The van der Waals surface area contributed by atoms with Gasteiger partial charge in [0.1, 0.15) is 11.5 Å². The standard InChI is InChI=1S/C16H25NO3/c1-18-10-9-17-12-13-11-15(19-2)7-8-16(13)20-14-5-3-4-6-14/h7-8,11,14,17H,3-6,9-10,12H2,1-2H3. The fraction of sp³-hybridized carbons (Fsp3) is 0.625. The zero-order valence-electron chi connectivity index (χ0n) is 12.5. The molecule has 112 valence electrons. The number of benzene rings is 1. The van der Waals surface area contributed by atoms with E-state index in [2.05, 4.69) is 5.32 Å². The monoisotopic (exact) mass is 279 g/mol. The van der Waals surface area contributed by atoms with Crippen LogP contribution < -0.4 is 14.8 Å². The van der Waals surface area contributed by atoms with E-state index < -0.39 is 0 Å². The Kier molecular flexibility index (Phi) is 6.15. The Morgan fingerprint density at radius 1 is 1.20 bits per heavy atom. The van der Waals surface area contributed by atoms with Crippen molar-refractivity contribution in [2.24, 2.45) is 0 Å². The Hall–Kier alpha value is -1.26. The van der Waals surface area contributed by atoms with E-state index >= 15 is 0 Å². The van der Waals surface area contributed by atoms with Gasteiger partial charge in [0, 0.05) is 25.8 Å². The van der Waals surface area contributed by atoms with E-state index in [0.29, 0.717) is 12.7 Å². The van der Waals surface area contributed by atoms with E-state index in [1.807, 2.05) is 18.2 Å². The molecule has 1 aromatic rings. The number of ether oxygens (including phenoxy) is 3. The van der Waals surface area contributed by atoms with Gasteiger partial charge in [0.05, 0.1) is 19.8 Å². The molecule has 20 heavy (non-hydrogen) atoms. The van der Waals surface area contributed by atoms with E-state index in [4.69, 9.17) is 14.2 Å². The van der Waals surface area contributed by atoms with Crippen LogP contribution in [0.3, 0.4) is 0 Å². The largest absolute Gasteiger partial charge is 0.497 e. The second-order valence-corrected chi connectivity index (χ2v) is 5.17. The lowest BCUT2D eigenvalue weighted by Gasteiger charge is -2.17. The van der Waals surface area contributed by atoms with Gasteiger partial charge in [0.25, 0.3) is 0 Å². The normalized spacial score (nSPS) is 15.5. The van der Waals surface area contributed by atoms with Gasteiger partial charge >= 0.3 is 0 Å². The molecule has 1 aromatic carbocycles. The summed E-state index contributed by atoms with van der Waals surface area (Å²) in [5, 5.41) is 3.36. The predicted molar refractivity (Wildman–Crippen MR) is 79.5 cm³/mol. The zero-order valence-corrected chi connectivity index (χ0v) is 12.5. The molecule has 4 nitrogen and oxygen atoms in total. The number of hydrogen-bond donors (Lipinski definition) is 1. The topological polar surface area (TPSA) is 39.7 Å². The fourth-order valence-corrected chi connectivity index (χ4v) is 2.52. The average Bonchev–Trinajstić information content (AvgIpc) is 2.98. The van der Waals surface area contributed by atoms with Crippen molar-refractivity contribution in [2.45, 2.75) is 38.3 Å². The molecule has 0 spiro atoms. The van der Waals surface area contributed by atoms with Crippen molar-refractivity contribution in [1.82, 2.24) is 5.32 Å². The number of nitrogens with one attached hydrogen (secondary N) is 1. The Morgan fingerprint density at radius 3 is 2.70 bits per heavy atom. The first kappa shape index (κ1) is 15.1. The molecule has 1 saturated carbocycles. The number of rotatable bonds is 8. The molecule has 0 radical (unpaired) electrons. The molecule has 1 aliphatic carbocycles. The second kappa shape index (κ2) is 8.12. The SMILES string of the molecule is COCCNCc1cc(OC)ccc1OC1CCCC1. The highest BCUT2D eigenvalue weighted by Gasteiger charge is 2.18. The van der Waals surface area contributed by atoms with Gasteiger partial charge in [-0.15, -0.1) is 0 Å². The van der Waals surface area contributed by atoms with Gasteiger partial charge in [0.15, 0.2) is 0 Å². The Labute approximate surface area is 121 Å². The maximum absolute atomic E-state index is 6.14. The molecule has 2 rings (SSSR count). The zero-order chi connectivity index (χ0) is 14.2. The number of hydrogen-bond acceptors (Lipinski definition) is 4. The van der Waals surface area contributed by atoms with Crippen molar-refractivity contribution in [3.8, 4) is 11.5 Å². The van der Waals surface area contributed by atoms with Gasteiger partial charge in [-0.1, -0.05) is 0 Å². The Morgan fingerprint density at radius 2 is 2.00 bits per heavy atom. The maximum atomic E-state index is 6.14. The molecule has 1 N–H and O–H groups in total. The van der Waals surface area contributed by atoms with Crippen LogP contribution in [0, 0.1) is 0 Å². The smallest absolute Gasteiger partial charge is 0.124 e. The van der Waals surface area contributed by atoms with Crippen LogP contribution >= 0.6 is 0 Å². The molecule has 1 fully saturated rings. The molecule has 0 unspecified atom stereocenters. The molecule has 1 aliphatic rings. The number of methoxy groups -OCH3 is 2. The summed E-state index contributed by atoms with van der Waals surface area (Å²) >= 11 is 0. The minimum atomic E-state index is 0.376. The van der Waals surface area contributed by atoms with E-state index in [9.17, 15) is 0 Å². The minimum absolute atomic E-state index is 0.376. The van der Waals surface area contributed by atoms with Crippen molar-refractivity contribution in [3.63, 3.8) is 0 Å². The van der Waals surface area contributed by atoms with Crippen LogP contribution in [0.2, 0.25) is 0 Å². The van der Waals surface area contributed by atoms with E-state index in [1.54, 1.807) is 14.2 Å². The fourth-order valence-electron chi connectivity index (χ4n) is 2.52. The lowest BCUT2D eigenvalue weighted by molar-refractivity contribution is 0.197. The molecule has 0 aliphatic heterocycles. The van der Waals surface area contributed by atoms with E-state index in [0.717, 1.165) is 30.2 Å². The minimum Gasteiger partial charge on any atom is -0.497 e. The summed E-state index contributed by atoms with van der Waals surface area (Å²) in [5.41, 5.74) is 1.15. The lowest BCUT2D eigenvalue weighted by Crippen LogP contribution is -2.20. The molecule has 0 aromatic heterocycles. The quantitative estimate of drug-likeness (QED) is 0.743. The van der Waals surface area contributed by atoms with Gasteiger partial charge in [-0.3, -0.25) is 0 Å². The van der Waals surface area contributed by atoms with Crippen LogP contribution in [0.15, 0.2) is 18.2 Å². The molecular weight excluding hydrogens is 254 g/mol. The van der Waals surface area contributed by atoms with E-state index in [1.165, 1.54) is 25.7 Å². The summed E-state index contributed by atoms with van der Waals surface area (Å²) in [6, 6.07) is 6.03. The van der Waals surface area contributed by atoms with Gasteiger partial charge in [-0.2, -0.15) is 0 Å². The van der Waals surface area contributed by atoms with Crippen molar-refractivity contribution in [2.75, 3.05) is 27.4 Å². The van der Waals surface area contributed by atoms with Crippen LogP contribution in [-0.4, -0.2) is 33.5 Å². The summed E-state index contributed by atoms with van der Waals surface area (Å²) in [6.07, 6.45) is 5.27. The molecular formula is C16H25NO3. The second-order valence-electron chi connectivity index (χ2n) is 5.17. The van der Waals surface area contributed by atoms with Crippen LogP contribution in [-0.2, 0) is 11.3 Å². The highest BCUT2D eigenvalue weighted by molar-refractivity contribution is 5.40. The predicted octanol–water partition coefficient (Wildman–Crippen LogP) is 2.75. The molecule has 0 heterocycles. The van der Waals surface area contributed by atoms with Crippen LogP contribution in [0.25, 0.3) is 0 Å². The summed E-state index contributed by atoms with van der Waals surface area (Å²) in [7, 11) is 3.40. The first-order valence-electron chi connectivity index (χ1n) is 7.36. The molecule has 0 saturated heterocycles. The Balaban J connectivity index is 1.99. The lowest BCUT2D eigenvalue weighted by atomic mass is 10.1. The van der Waals surface area contributed by atoms with Crippen molar-refractivity contribution in [1.29, 1.82) is 0 Å². The Bertz CT molecular complexity index is 403.